The van der Waals surface area contributed by atoms with E-state index < -0.39 is 15.9 Å². The molecule has 194 valence electrons. The highest BCUT2D eigenvalue weighted by atomic mass is 32.2. The number of rotatable bonds is 8. The molecule has 2 fully saturated rings. The summed E-state index contributed by atoms with van der Waals surface area (Å²) in [4.78, 5) is 30.2. The van der Waals surface area contributed by atoms with Crippen LogP contribution in [-0.4, -0.2) is 81.9 Å². The third kappa shape index (κ3) is 5.55. The lowest BCUT2D eigenvalue weighted by molar-refractivity contribution is 0.0730. The molecule has 0 spiro atoms. The molecule has 0 bridgehead atoms. The van der Waals surface area contributed by atoms with Gasteiger partial charge in [0.05, 0.1) is 23.7 Å². The Balaban J connectivity index is 1.65. The number of morpholine rings is 1. The molecule has 4 rings (SSSR count). The normalized spacial score (nSPS) is 16.7. The van der Waals surface area contributed by atoms with E-state index in [4.69, 9.17) is 4.74 Å². The number of ether oxygens (including phenoxy) is 1. The Morgan fingerprint density at radius 2 is 1.67 bits per heavy atom. The number of benzene rings is 2. The third-order valence-electron chi connectivity index (χ3n) is 6.69. The summed E-state index contributed by atoms with van der Waals surface area (Å²) in [6.07, 6.45) is 2.04. The summed E-state index contributed by atoms with van der Waals surface area (Å²) in [5.41, 5.74) is 1.97. The summed E-state index contributed by atoms with van der Waals surface area (Å²) in [5, 5.41) is 2.89. The van der Waals surface area contributed by atoms with Crippen molar-refractivity contribution < 1.29 is 22.7 Å². The van der Waals surface area contributed by atoms with Crippen LogP contribution in [0.4, 0.5) is 11.4 Å². The van der Waals surface area contributed by atoms with Crippen molar-refractivity contribution in [2.45, 2.75) is 31.6 Å². The maximum Gasteiger partial charge on any atom is 0.257 e. The number of hydrogen-bond acceptors (Lipinski definition) is 6. The molecule has 0 unspecified atom stereocenters. The molecule has 1 N–H and O–H groups in total. The third-order valence-corrected chi connectivity index (χ3v) is 8.58. The quantitative estimate of drug-likeness (QED) is 0.581. The Hall–Kier alpha value is -2.95. The van der Waals surface area contributed by atoms with Crippen LogP contribution in [0.5, 0.6) is 0 Å². The molecular weight excluding hydrogens is 480 g/mol. The van der Waals surface area contributed by atoms with E-state index >= 15 is 0 Å². The van der Waals surface area contributed by atoms with Crippen molar-refractivity contribution in [3.05, 3.63) is 53.6 Å². The molecular formula is C26H34N4O5S. The van der Waals surface area contributed by atoms with Gasteiger partial charge in [-0.25, -0.2) is 8.42 Å². The van der Waals surface area contributed by atoms with Crippen molar-refractivity contribution in [1.82, 2.24) is 9.21 Å². The zero-order valence-electron chi connectivity index (χ0n) is 20.9. The van der Waals surface area contributed by atoms with Gasteiger partial charge in [0.15, 0.2) is 0 Å². The molecule has 2 aromatic rings. The van der Waals surface area contributed by atoms with E-state index in [0.29, 0.717) is 48.8 Å². The van der Waals surface area contributed by atoms with E-state index in [2.05, 4.69) is 10.2 Å². The molecule has 2 aliphatic rings. The van der Waals surface area contributed by atoms with Crippen molar-refractivity contribution in [3.8, 4) is 0 Å². The minimum atomic E-state index is -3.76. The Morgan fingerprint density at radius 3 is 2.33 bits per heavy atom. The zero-order valence-corrected chi connectivity index (χ0v) is 21.7. The first-order valence-corrected chi connectivity index (χ1v) is 14.0. The highest BCUT2D eigenvalue weighted by molar-refractivity contribution is 7.89. The standard InChI is InChI=1S/C26H34N4O5S/c1-3-28(4-2)26(32)20-8-7-9-21(18-20)27-25(31)23-19-22(10-11-24(23)29-12-5-6-13-29)36(33,34)30-14-16-35-17-15-30/h7-11,18-19H,3-6,12-17H2,1-2H3,(H,27,31). The maximum atomic E-state index is 13.5. The van der Waals surface area contributed by atoms with Crippen LogP contribution in [0, 0.1) is 0 Å². The number of nitrogens with zero attached hydrogens (tertiary/aromatic N) is 3. The van der Waals surface area contributed by atoms with Gasteiger partial charge in [0.25, 0.3) is 11.8 Å². The first kappa shape index (κ1) is 26.1. The SMILES string of the molecule is CCN(CC)C(=O)c1cccc(NC(=O)c2cc(S(=O)(=O)N3CCOCC3)ccc2N2CCCC2)c1. The number of hydrogen-bond donors (Lipinski definition) is 1. The zero-order chi connectivity index (χ0) is 25.7. The molecule has 0 aromatic heterocycles. The lowest BCUT2D eigenvalue weighted by Gasteiger charge is -2.27. The Morgan fingerprint density at radius 1 is 0.972 bits per heavy atom. The lowest BCUT2D eigenvalue weighted by Crippen LogP contribution is -2.40. The molecule has 0 radical (unpaired) electrons. The van der Waals surface area contributed by atoms with Crippen molar-refractivity contribution >= 4 is 33.2 Å². The van der Waals surface area contributed by atoms with Gasteiger partial charge in [0.1, 0.15) is 0 Å². The highest BCUT2D eigenvalue weighted by Crippen LogP contribution is 2.29. The number of carbonyl (C=O) groups is 2. The number of carbonyl (C=O) groups excluding carboxylic acids is 2. The van der Waals surface area contributed by atoms with Crippen LogP contribution in [-0.2, 0) is 14.8 Å². The lowest BCUT2D eigenvalue weighted by atomic mass is 10.1. The summed E-state index contributed by atoms with van der Waals surface area (Å²) in [6.45, 7) is 7.91. The minimum absolute atomic E-state index is 0.0861. The van der Waals surface area contributed by atoms with Crippen LogP contribution in [0.3, 0.4) is 0 Å². The van der Waals surface area contributed by atoms with Crippen LogP contribution in [0.15, 0.2) is 47.4 Å². The monoisotopic (exact) mass is 514 g/mol. The first-order valence-electron chi connectivity index (χ1n) is 12.5. The molecule has 2 saturated heterocycles. The Bertz CT molecular complexity index is 1200. The van der Waals surface area contributed by atoms with Gasteiger partial charge in [0.2, 0.25) is 10.0 Å². The fourth-order valence-corrected chi connectivity index (χ4v) is 6.08. The predicted molar refractivity (Wildman–Crippen MR) is 139 cm³/mol. The second-order valence-corrected chi connectivity index (χ2v) is 10.8. The number of sulfonamides is 1. The smallest absolute Gasteiger partial charge is 0.257 e. The van der Waals surface area contributed by atoms with Gasteiger partial charge < -0.3 is 19.9 Å². The van der Waals surface area contributed by atoms with Gasteiger partial charge >= 0.3 is 0 Å². The fourth-order valence-electron chi connectivity index (χ4n) is 4.65. The Labute approximate surface area is 213 Å². The van der Waals surface area contributed by atoms with Gasteiger partial charge in [-0.1, -0.05) is 6.07 Å². The van der Waals surface area contributed by atoms with E-state index in [1.54, 1.807) is 41.3 Å². The largest absolute Gasteiger partial charge is 0.379 e. The molecule has 0 atom stereocenters. The number of amides is 2. The van der Waals surface area contributed by atoms with Crippen LogP contribution in [0.1, 0.15) is 47.4 Å². The minimum Gasteiger partial charge on any atom is -0.379 e. The number of anilines is 2. The molecule has 2 aliphatic heterocycles. The first-order chi connectivity index (χ1) is 17.3. The van der Waals surface area contributed by atoms with Crippen molar-refractivity contribution in [3.63, 3.8) is 0 Å². The summed E-state index contributed by atoms with van der Waals surface area (Å²) >= 11 is 0. The van der Waals surface area contributed by atoms with Crippen molar-refractivity contribution in [2.24, 2.45) is 0 Å². The average Bonchev–Trinajstić information content (AvgIpc) is 3.44. The summed E-state index contributed by atoms with van der Waals surface area (Å²) in [5.74, 6) is -0.518. The Kier molecular flexibility index (Phi) is 8.28. The second-order valence-electron chi connectivity index (χ2n) is 8.90. The van der Waals surface area contributed by atoms with Gasteiger partial charge in [0, 0.05) is 56.2 Å². The van der Waals surface area contributed by atoms with Gasteiger partial charge in [-0.3, -0.25) is 9.59 Å². The van der Waals surface area contributed by atoms with E-state index in [-0.39, 0.29) is 23.9 Å². The topological polar surface area (TPSA) is 99.3 Å². The van der Waals surface area contributed by atoms with Crippen LogP contribution in [0.2, 0.25) is 0 Å². The molecule has 0 aliphatic carbocycles. The molecule has 2 aromatic carbocycles. The van der Waals surface area contributed by atoms with Crippen molar-refractivity contribution in [2.75, 3.05) is 62.7 Å². The van der Waals surface area contributed by atoms with Crippen molar-refractivity contribution in [1.29, 1.82) is 0 Å². The molecule has 10 heteroatoms. The summed E-state index contributed by atoms with van der Waals surface area (Å²) in [6, 6.07) is 11.6. The van der Waals surface area contributed by atoms with E-state index in [9.17, 15) is 18.0 Å². The molecule has 0 saturated carbocycles. The molecule has 2 heterocycles. The second kappa shape index (κ2) is 11.4. The van der Waals surface area contributed by atoms with Crippen LogP contribution in [0.25, 0.3) is 0 Å². The fraction of sp³-hybridized carbons (Fsp3) is 0.462. The molecule has 2 amide bonds. The summed E-state index contributed by atoms with van der Waals surface area (Å²) in [7, 11) is -3.76. The highest BCUT2D eigenvalue weighted by Gasteiger charge is 2.29. The van der Waals surface area contributed by atoms with Crippen LogP contribution >= 0.6 is 0 Å². The van der Waals surface area contributed by atoms with Gasteiger partial charge in [-0.15, -0.1) is 0 Å². The molecule has 9 nitrogen and oxygen atoms in total. The van der Waals surface area contributed by atoms with E-state index in [0.717, 1.165) is 25.9 Å². The van der Waals surface area contributed by atoms with Gasteiger partial charge in [-0.05, 0) is 63.1 Å². The molecule has 36 heavy (non-hydrogen) atoms. The van der Waals surface area contributed by atoms with E-state index in [1.165, 1.54) is 10.4 Å². The predicted octanol–water partition coefficient (Wildman–Crippen LogP) is 3.04. The van der Waals surface area contributed by atoms with Gasteiger partial charge in [-0.2, -0.15) is 4.31 Å². The number of nitrogens with one attached hydrogen (secondary N) is 1. The van der Waals surface area contributed by atoms with E-state index in [1.807, 2.05) is 13.8 Å². The summed E-state index contributed by atoms with van der Waals surface area (Å²) < 4.78 is 33.2. The van der Waals surface area contributed by atoms with Crippen LogP contribution < -0.4 is 10.2 Å². The maximum absolute atomic E-state index is 13.5. The average molecular weight is 515 g/mol.